The molecule has 1 aromatic heterocycles. The van der Waals surface area contributed by atoms with Gasteiger partial charge >= 0.3 is 0 Å². The molecule has 0 spiro atoms. The molecule has 9 heteroatoms. The number of benzene rings is 1. The summed E-state index contributed by atoms with van der Waals surface area (Å²) in [5, 5.41) is 3.35. The average molecular weight is 439 g/mol. The van der Waals surface area contributed by atoms with Crippen molar-refractivity contribution in [1.29, 1.82) is 0 Å². The Hall–Kier alpha value is -2.19. The summed E-state index contributed by atoms with van der Waals surface area (Å²) in [5.74, 6) is -2.76. The highest BCUT2D eigenvalue weighted by Gasteiger charge is 2.42. The van der Waals surface area contributed by atoms with Crippen molar-refractivity contribution in [3.05, 3.63) is 57.9 Å². The fourth-order valence-corrected chi connectivity index (χ4v) is 4.71. The zero-order valence-corrected chi connectivity index (χ0v) is 18.0. The molecule has 1 aliphatic rings. The lowest BCUT2D eigenvalue weighted by molar-refractivity contribution is 0.102. The van der Waals surface area contributed by atoms with E-state index in [4.69, 9.17) is 17.3 Å². The first-order valence-corrected chi connectivity index (χ1v) is 10.2. The first-order valence-electron chi connectivity index (χ1n) is 8.98. The van der Waals surface area contributed by atoms with Gasteiger partial charge in [0.05, 0.1) is 10.6 Å². The molecule has 1 aromatic carbocycles. The summed E-state index contributed by atoms with van der Waals surface area (Å²) in [7, 11) is 0. The van der Waals surface area contributed by atoms with Crippen LogP contribution in [0.4, 0.5) is 14.5 Å². The van der Waals surface area contributed by atoms with Crippen molar-refractivity contribution in [2.75, 3.05) is 5.32 Å². The number of carbonyl (C=O) groups excluding carboxylic acids is 1. The Kier molecular flexibility index (Phi) is 5.87. The first kappa shape index (κ1) is 21.5. The molecule has 3 N–H and O–H groups in total. The van der Waals surface area contributed by atoms with E-state index in [0.29, 0.717) is 15.8 Å². The summed E-state index contributed by atoms with van der Waals surface area (Å²) < 4.78 is 29.2. The number of halogens is 3. The zero-order valence-electron chi connectivity index (χ0n) is 16.4. The van der Waals surface area contributed by atoms with Crippen molar-refractivity contribution in [2.24, 2.45) is 16.6 Å². The number of aromatic nitrogens is 1. The molecule has 154 valence electrons. The third kappa shape index (κ3) is 4.09. The van der Waals surface area contributed by atoms with Crippen molar-refractivity contribution in [1.82, 2.24) is 4.98 Å². The summed E-state index contributed by atoms with van der Waals surface area (Å²) in [6.07, 6.45) is 1.35. The number of thioether (sulfide) groups is 1. The minimum Gasteiger partial charge on any atom is -0.379 e. The fourth-order valence-electron chi connectivity index (χ4n) is 3.41. The van der Waals surface area contributed by atoms with E-state index in [1.807, 2.05) is 13.8 Å². The Bertz CT molecular complexity index is 1020. The first-order chi connectivity index (χ1) is 13.5. The molecule has 0 saturated heterocycles. The van der Waals surface area contributed by atoms with Gasteiger partial charge in [-0.25, -0.2) is 13.8 Å². The topological polar surface area (TPSA) is 80.4 Å². The van der Waals surface area contributed by atoms with Gasteiger partial charge in [0.2, 0.25) is 0 Å². The van der Waals surface area contributed by atoms with Crippen LogP contribution in [0.25, 0.3) is 0 Å². The number of nitrogens with one attached hydrogen (secondary N) is 1. The minimum absolute atomic E-state index is 0.0381. The van der Waals surface area contributed by atoms with Crippen LogP contribution in [0, 0.1) is 24.5 Å². The van der Waals surface area contributed by atoms with Gasteiger partial charge in [0.15, 0.2) is 16.8 Å². The standard InChI is InChI=1S/C20H21ClF2N4OS/c1-9-5-12(21)8-25-17(9)18(28)26-13-6-14(16(23)15(22)7-13)20(4)10(2)11(3)29-19(24)27-20/h5-8,10-11H,1-4H3,(H2,24,27)(H,26,28)/t10-,11?,20+/m1/s1. The maximum atomic E-state index is 14.8. The Morgan fingerprint density at radius 1 is 1.31 bits per heavy atom. The number of carbonyl (C=O) groups is 1. The molecule has 5 nitrogen and oxygen atoms in total. The van der Waals surface area contributed by atoms with Gasteiger partial charge in [0.25, 0.3) is 5.91 Å². The number of pyridine rings is 1. The third-order valence-corrected chi connectivity index (χ3v) is 6.65. The molecule has 0 fully saturated rings. The monoisotopic (exact) mass is 438 g/mol. The van der Waals surface area contributed by atoms with E-state index >= 15 is 0 Å². The van der Waals surface area contributed by atoms with E-state index in [-0.39, 0.29) is 28.1 Å². The van der Waals surface area contributed by atoms with Crippen molar-refractivity contribution in [3.63, 3.8) is 0 Å². The lowest BCUT2D eigenvalue weighted by Gasteiger charge is -2.40. The van der Waals surface area contributed by atoms with Crippen LogP contribution in [0.15, 0.2) is 29.4 Å². The van der Waals surface area contributed by atoms with Crippen LogP contribution in [0.2, 0.25) is 5.02 Å². The second-order valence-electron chi connectivity index (χ2n) is 7.30. The number of amides is 1. The van der Waals surface area contributed by atoms with E-state index in [9.17, 15) is 13.6 Å². The van der Waals surface area contributed by atoms with E-state index in [2.05, 4.69) is 15.3 Å². The number of nitrogens with two attached hydrogens (primary N) is 1. The molecule has 29 heavy (non-hydrogen) atoms. The van der Waals surface area contributed by atoms with Crippen molar-refractivity contribution in [3.8, 4) is 0 Å². The lowest BCUT2D eigenvalue weighted by Crippen LogP contribution is -2.41. The molecule has 1 aliphatic heterocycles. The van der Waals surface area contributed by atoms with Crippen LogP contribution in [0.1, 0.15) is 42.4 Å². The quantitative estimate of drug-likeness (QED) is 0.716. The van der Waals surface area contributed by atoms with Gasteiger partial charge in [-0.2, -0.15) is 0 Å². The largest absolute Gasteiger partial charge is 0.379 e. The zero-order chi connectivity index (χ0) is 21.5. The minimum atomic E-state index is -1.08. The molecule has 2 aromatic rings. The summed E-state index contributed by atoms with van der Waals surface area (Å²) >= 11 is 7.26. The highest BCUT2D eigenvalue weighted by Crippen LogP contribution is 2.45. The Morgan fingerprint density at radius 3 is 2.66 bits per heavy atom. The lowest BCUT2D eigenvalue weighted by atomic mass is 9.78. The smallest absolute Gasteiger partial charge is 0.274 e. The van der Waals surface area contributed by atoms with Crippen LogP contribution >= 0.6 is 23.4 Å². The molecule has 0 bridgehead atoms. The van der Waals surface area contributed by atoms with Crippen molar-refractivity contribution >= 4 is 40.1 Å². The summed E-state index contributed by atoms with van der Waals surface area (Å²) in [5.41, 5.74) is 5.70. The van der Waals surface area contributed by atoms with Gasteiger partial charge in [0, 0.05) is 28.8 Å². The van der Waals surface area contributed by atoms with Gasteiger partial charge in [-0.05, 0) is 37.5 Å². The van der Waals surface area contributed by atoms with E-state index in [1.54, 1.807) is 19.9 Å². The van der Waals surface area contributed by atoms with Gasteiger partial charge in [0.1, 0.15) is 5.69 Å². The maximum Gasteiger partial charge on any atom is 0.274 e. The van der Waals surface area contributed by atoms with Gasteiger partial charge in [-0.1, -0.05) is 37.2 Å². The van der Waals surface area contributed by atoms with Crippen LogP contribution in [-0.4, -0.2) is 21.3 Å². The number of nitrogens with zero attached hydrogens (tertiary/aromatic N) is 2. The number of hydrogen-bond acceptors (Lipinski definition) is 5. The number of hydrogen-bond donors (Lipinski definition) is 2. The second-order valence-corrected chi connectivity index (χ2v) is 9.14. The molecule has 2 heterocycles. The normalized spacial score (nSPS) is 24.2. The molecule has 0 saturated carbocycles. The van der Waals surface area contributed by atoms with E-state index in [0.717, 1.165) is 6.07 Å². The average Bonchev–Trinajstić information content (AvgIpc) is 2.62. The second kappa shape index (κ2) is 7.91. The van der Waals surface area contributed by atoms with Crippen molar-refractivity contribution < 1.29 is 13.6 Å². The summed E-state index contributed by atoms with van der Waals surface area (Å²) in [6.45, 7) is 7.28. The van der Waals surface area contributed by atoms with E-state index in [1.165, 1.54) is 24.0 Å². The summed E-state index contributed by atoms with van der Waals surface area (Å²) in [6, 6.07) is 3.93. The summed E-state index contributed by atoms with van der Waals surface area (Å²) in [4.78, 5) is 21.0. The predicted octanol–water partition coefficient (Wildman–Crippen LogP) is 4.88. The molecule has 3 atom stereocenters. The van der Waals surface area contributed by atoms with Crippen LogP contribution in [0.5, 0.6) is 0 Å². The number of amidine groups is 1. The molecule has 3 rings (SSSR count). The van der Waals surface area contributed by atoms with Gasteiger partial charge < -0.3 is 11.1 Å². The maximum absolute atomic E-state index is 14.8. The molecule has 1 amide bonds. The fraction of sp³-hybridized carbons (Fsp3) is 0.350. The number of aliphatic imine (C=N–C) groups is 1. The predicted molar refractivity (Wildman–Crippen MR) is 113 cm³/mol. The molecule has 0 radical (unpaired) electrons. The van der Waals surface area contributed by atoms with E-state index < -0.39 is 23.1 Å². The van der Waals surface area contributed by atoms with Crippen molar-refractivity contribution in [2.45, 2.75) is 38.5 Å². The number of aryl methyl sites for hydroxylation is 1. The molecule has 1 unspecified atom stereocenters. The number of anilines is 1. The van der Waals surface area contributed by atoms with Crippen LogP contribution < -0.4 is 11.1 Å². The van der Waals surface area contributed by atoms with Gasteiger partial charge in [-0.15, -0.1) is 0 Å². The van der Waals surface area contributed by atoms with Gasteiger partial charge in [-0.3, -0.25) is 9.79 Å². The Morgan fingerprint density at radius 2 is 2.00 bits per heavy atom. The molecular formula is C20H21ClF2N4OS. The number of rotatable bonds is 3. The third-order valence-electron chi connectivity index (χ3n) is 5.33. The SMILES string of the molecule is Cc1cc(Cl)cnc1C(=O)Nc1cc(F)c(F)c([C@@]2(C)N=C(N)SC(C)[C@H]2C)c1. The Labute approximate surface area is 177 Å². The molecular weight excluding hydrogens is 418 g/mol. The van der Waals surface area contributed by atoms with Crippen LogP contribution in [0.3, 0.4) is 0 Å². The highest BCUT2D eigenvalue weighted by molar-refractivity contribution is 8.14. The Balaban J connectivity index is 2.02. The van der Waals surface area contributed by atoms with Crippen LogP contribution in [-0.2, 0) is 5.54 Å². The molecule has 0 aliphatic carbocycles. The highest BCUT2D eigenvalue weighted by atomic mass is 35.5.